The fourth-order valence-electron chi connectivity index (χ4n) is 3.55. The van der Waals surface area contributed by atoms with Gasteiger partial charge in [0.2, 0.25) is 15.9 Å². The molecule has 1 aromatic rings. The van der Waals surface area contributed by atoms with Crippen molar-refractivity contribution in [2.45, 2.75) is 37.0 Å². The first-order valence-electron chi connectivity index (χ1n) is 8.37. The second-order valence-corrected chi connectivity index (χ2v) is 8.42. The maximum Gasteiger partial charge on any atom is 0.249 e. The molecule has 2 aliphatic rings. The van der Waals surface area contributed by atoms with Gasteiger partial charge in [-0.1, -0.05) is 6.07 Å². The molecule has 1 amide bonds. The van der Waals surface area contributed by atoms with Crippen molar-refractivity contribution < 1.29 is 18.0 Å². The van der Waals surface area contributed by atoms with Gasteiger partial charge in [-0.3, -0.25) is 9.63 Å². The van der Waals surface area contributed by atoms with E-state index in [1.54, 1.807) is 13.1 Å². The number of carbonyl (C=O) groups excluding carboxylic acids is 1. The number of nitrogens with zero attached hydrogens (tertiary/aromatic N) is 2. The summed E-state index contributed by atoms with van der Waals surface area (Å²) < 4.78 is 27.2. The summed E-state index contributed by atoms with van der Waals surface area (Å²) in [6.45, 7) is 0.737. The zero-order chi connectivity index (χ0) is 17.3. The quantitative estimate of drug-likeness (QED) is 0.772. The maximum absolute atomic E-state index is 12.9. The Kier molecular flexibility index (Phi) is 4.94. The summed E-state index contributed by atoms with van der Waals surface area (Å²) in [7, 11) is -0.452. The largest absolute Gasteiger partial charge is 0.275 e. The summed E-state index contributed by atoms with van der Waals surface area (Å²) in [5, 5.41) is 1.22. The highest BCUT2D eigenvalue weighted by Crippen LogP contribution is 2.29. The van der Waals surface area contributed by atoms with E-state index in [-0.39, 0.29) is 11.8 Å². The van der Waals surface area contributed by atoms with Crippen LogP contribution in [0.2, 0.25) is 0 Å². The van der Waals surface area contributed by atoms with Crippen LogP contribution >= 0.6 is 0 Å². The Morgan fingerprint density at radius 1 is 1.21 bits per heavy atom. The predicted molar refractivity (Wildman–Crippen MR) is 89.7 cm³/mol. The molecule has 0 unspecified atom stereocenters. The van der Waals surface area contributed by atoms with Crippen LogP contribution in [0, 0.1) is 5.92 Å². The van der Waals surface area contributed by atoms with Crippen molar-refractivity contribution in [1.29, 1.82) is 0 Å². The number of hydrogen-bond acceptors (Lipinski definition) is 4. The summed E-state index contributed by atoms with van der Waals surface area (Å²) in [4.78, 5) is 17.4. The first kappa shape index (κ1) is 17.4. The third-order valence-electron chi connectivity index (χ3n) is 5.10. The summed E-state index contributed by atoms with van der Waals surface area (Å²) in [6.07, 6.45) is 4.14. The van der Waals surface area contributed by atoms with Crippen LogP contribution in [0.15, 0.2) is 23.1 Å². The van der Waals surface area contributed by atoms with Crippen molar-refractivity contribution in [3.05, 3.63) is 29.3 Å². The molecule has 0 atom stereocenters. The molecule has 0 N–H and O–H groups in total. The van der Waals surface area contributed by atoms with Gasteiger partial charge in [-0.25, -0.2) is 13.5 Å². The molecule has 0 bridgehead atoms. The van der Waals surface area contributed by atoms with Crippen molar-refractivity contribution in [1.82, 2.24) is 9.37 Å². The highest BCUT2D eigenvalue weighted by atomic mass is 32.2. The molecule has 1 fully saturated rings. The van der Waals surface area contributed by atoms with Gasteiger partial charge in [0.25, 0.3) is 0 Å². The number of sulfonamides is 1. The molecule has 0 aromatic heterocycles. The Morgan fingerprint density at radius 3 is 2.54 bits per heavy atom. The number of carbonyl (C=O) groups is 1. The van der Waals surface area contributed by atoms with Gasteiger partial charge in [0, 0.05) is 26.1 Å². The van der Waals surface area contributed by atoms with Gasteiger partial charge in [-0.05, 0) is 55.4 Å². The zero-order valence-electron chi connectivity index (χ0n) is 14.2. The normalized spacial score (nSPS) is 19.2. The van der Waals surface area contributed by atoms with Gasteiger partial charge in [-0.15, -0.1) is 0 Å². The van der Waals surface area contributed by atoms with Gasteiger partial charge in [-0.2, -0.15) is 4.31 Å². The number of benzene rings is 1. The Balaban J connectivity index is 1.70. The molecule has 0 radical (unpaired) electrons. The molecule has 24 heavy (non-hydrogen) atoms. The average molecular weight is 352 g/mol. The lowest BCUT2D eigenvalue weighted by Gasteiger charge is -2.32. The number of fused-ring (bicyclic) bond motifs is 1. The smallest absolute Gasteiger partial charge is 0.249 e. The molecule has 1 aromatic carbocycles. The van der Waals surface area contributed by atoms with Crippen LogP contribution in [-0.2, 0) is 32.5 Å². The summed E-state index contributed by atoms with van der Waals surface area (Å²) in [6, 6.07) is 5.49. The van der Waals surface area contributed by atoms with Gasteiger partial charge >= 0.3 is 0 Å². The monoisotopic (exact) mass is 352 g/mol. The highest BCUT2D eigenvalue weighted by Gasteiger charge is 2.33. The SMILES string of the molecule is CON(C)C(=O)C1CCN(S(=O)(=O)c2ccc3c(c2)CCC3)CC1. The van der Waals surface area contributed by atoms with Crippen LogP contribution in [-0.4, -0.2) is 50.9 Å². The minimum absolute atomic E-state index is 0.0907. The van der Waals surface area contributed by atoms with Crippen LogP contribution in [0.5, 0.6) is 0 Å². The van der Waals surface area contributed by atoms with Crippen LogP contribution in [0.4, 0.5) is 0 Å². The lowest BCUT2D eigenvalue weighted by Crippen LogP contribution is -2.43. The number of hydrogen-bond donors (Lipinski definition) is 0. The van der Waals surface area contributed by atoms with Crippen molar-refractivity contribution in [3.63, 3.8) is 0 Å². The molecule has 0 spiro atoms. The third kappa shape index (κ3) is 3.20. The Bertz CT molecular complexity index is 724. The summed E-state index contributed by atoms with van der Waals surface area (Å²) in [5.41, 5.74) is 2.42. The highest BCUT2D eigenvalue weighted by molar-refractivity contribution is 7.89. The van der Waals surface area contributed by atoms with E-state index >= 15 is 0 Å². The van der Waals surface area contributed by atoms with Gasteiger partial charge in [0.1, 0.15) is 0 Å². The minimum Gasteiger partial charge on any atom is -0.275 e. The first-order chi connectivity index (χ1) is 11.4. The second-order valence-electron chi connectivity index (χ2n) is 6.48. The van der Waals surface area contributed by atoms with E-state index in [0.717, 1.165) is 24.8 Å². The molecular weight excluding hydrogens is 328 g/mol. The van der Waals surface area contributed by atoms with Crippen LogP contribution in [0.1, 0.15) is 30.4 Å². The molecule has 1 aliphatic carbocycles. The number of amides is 1. The molecule has 0 saturated carbocycles. The lowest BCUT2D eigenvalue weighted by molar-refractivity contribution is -0.174. The number of aryl methyl sites for hydroxylation is 2. The maximum atomic E-state index is 12.9. The molecule has 132 valence electrons. The molecule has 1 heterocycles. The number of hydroxylamine groups is 2. The van der Waals surface area contributed by atoms with Crippen LogP contribution in [0.25, 0.3) is 0 Å². The van der Waals surface area contributed by atoms with E-state index in [1.165, 1.54) is 22.0 Å². The van der Waals surface area contributed by atoms with Crippen LogP contribution in [0.3, 0.4) is 0 Å². The van der Waals surface area contributed by atoms with E-state index in [0.29, 0.717) is 30.8 Å². The van der Waals surface area contributed by atoms with Gasteiger partial charge in [0.05, 0.1) is 12.0 Å². The topological polar surface area (TPSA) is 66.9 Å². The van der Waals surface area contributed by atoms with E-state index < -0.39 is 10.0 Å². The van der Waals surface area contributed by atoms with Gasteiger partial charge < -0.3 is 0 Å². The second kappa shape index (κ2) is 6.82. The Labute approximate surface area is 143 Å². The van der Waals surface area contributed by atoms with E-state index in [9.17, 15) is 13.2 Å². The average Bonchev–Trinajstić information content (AvgIpc) is 3.08. The fraction of sp³-hybridized carbons (Fsp3) is 0.588. The summed E-state index contributed by atoms with van der Waals surface area (Å²) in [5.74, 6) is -0.270. The predicted octanol–water partition coefficient (Wildman–Crippen LogP) is 1.60. The molecule has 3 rings (SSSR count). The van der Waals surface area contributed by atoms with Crippen molar-refractivity contribution in [2.24, 2.45) is 5.92 Å². The molecule has 1 saturated heterocycles. The standard InChI is InChI=1S/C17H24N2O4S/c1-18(23-2)17(20)14-8-10-19(11-9-14)24(21,22)16-7-6-13-4-3-5-15(13)12-16/h6-7,12,14H,3-5,8-11H2,1-2H3. The Hall–Kier alpha value is -1.44. The van der Waals surface area contributed by atoms with E-state index in [1.807, 2.05) is 12.1 Å². The molecule has 1 aliphatic heterocycles. The van der Waals surface area contributed by atoms with E-state index in [4.69, 9.17) is 4.84 Å². The van der Waals surface area contributed by atoms with Crippen molar-refractivity contribution in [2.75, 3.05) is 27.2 Å². The number of piperidine rings is 1. The first-order valence-corrected chi connectivity index (χ1v) is 9.81. The van der Waals surface area contributed by atoms with Gasteiger partial charge in [0.15, 0.2) is 0 Å². The lowest BCUT2D eigenvalue weighted by atomic mass is 9.97. The van der Waals surface area contributed by atoms with Crippen molar-refractivity contribution >= 4 is 15.9 Å². The zero-order valence-corrected chi connectivity index (χ0v) is 15.0. The molecule has 6 nitrogen and oxygen atoms in total. The van der Waals surface area contributed by atoms with Crippen molar-refractivity contribution in [3.8, 4) is 0 Å². The van der Waals surface area contributed by atoms with Crippen LogP contribution < -0.4 is 0 Å². The number of rotatable bonds is 4. The van der Waals surface area contributed by atoms with E-state index in [2.05, 4.69) is 0 Å². The summed E-state index contributed by atoms with van der Waals surface area (Å²) >= 11 is 0. The molecule has 7 heteroatoms. The Morgan fingerprint density at radius 2 is 1.88 bits per heavy atom. The minimum atomic E-state index is -3.48. The molecular formula is C17H24N2O4S. The fourth-order valence-corrected chi connectivity index (χ4v) is 5.07. The third-order valence-corrected chi connectivity index (χ3v) is 6.99.